The molecule has 1 fully saturated rings. The second-order valence-electron chi connectivity index (χ2n) is 6.24. The van der Waals surface area contributed by atoms with Crippen molar-refractivity contribution in [2.24, 2.45) is 7.05 Å². The quantitative estimate of drug-likeness (QED) is 0.884. The number of ether oxygens (including phenoxy) is 1. The maximum atomic E-state index is 12.7. The van der Waals surface area contributed by atoms with Gasteiger partial charge in [0, 0.05) is 38.1 Å². The molecule has 2 amide bonds. The fraction of sp³-hybridized carbons (Fsp3) is 0.444. The summed E-state index contributed by atoms with van der Waals surface area (Å²) in [7, 11) is 3.51. The Morgan fingerprint density at radius 3 is 2.72 bits per heavy atom. The number of hydrogen-bond acceptors (Lipinski definition) is 4. The lowest BCUT2D eigenvalue weighted by Gasteiger charge is -2.31. The summed E-state index contributed by atoms with van der Waals surface area (Å²) in [4.78, 5) is 18.9. The normalized spacial score (nSPS) is 16.5. The van der Waals surface area contributed by atoms with Crippen LogP contribution in [0.4, 0.5) is 4.79 Å². The van der Waals surface area contributed by atoms with Crippen LogP contribution in [0, 0.1) is 0 Å². The molecule has 0 bridgehead atoms. The first kappa shape index (κ1) is 17.3. The number of benzene rings is 1. The topological polar surface area (TPSA) is 79.6 Å². The van der Waals surface area contributed by atoms with Gasteiger partial charge in [-0.2, -0.15) is 0 Å². The van der Waals surface area contributed by atoms with E-state index in [1.807, 2.05) is 42.1 Å². The van der Waals surface area contributed by atoms with Crippen LogP contribution in [0.1, 0.15) is 30.3 Å². The highest BCUT2D eigenvalue weighted by Gasteiger charge is 2.27. The van der Waals surface area contributed by atoms with Crippen LogP contribution in [-0.2, 0) is 7.05 Å². The van der Waals surface area contributed by atoms with E-state index in [2.05, 4.69) is 10.3 Å². The molecule has 1 saturated heterocycles. The van der Waals surface area contributed by atoms with Crippen molar-refractivity contribution in [2.45, 2.75) is 25.0 Å². The number of para-hydroxylation sites is 1. The molecule has 7 nitrogen and oxygen atoms in total. The van der Waals surface area contributed by atoms with E-state index in [1.165, 1.54) is 0 Å². The number of carbonyl (C=O) groups is 1. The summed E-state index contributed by atoms with van der Waals surface area (Å²) in [6, 6.07) is 7.02. The standard InChI is InChI=1S/C18H24N4O3/c1-21-12-9-19-17(21)16(14-5-3-4-6-15(14)25-2)20-18(24)22-10-7-13(23)8-11-22/h3-6,9,12-13,16,23H,7-8,10-11H2,1-2H3,(H,20,24)/t16-/m1/s1. The number of aliphatic hydroxyl groups is 1. The predicted octanol–water partition coefficient (Wildman–Crippen LogP) is 1.68. The number of carbonyl (C=O) groups excluding carboxylic acids is 1. The molecule has 3 rings (SSSR count). The average molecular weight is 344 g/mol. The van der Waals surface area contributed by atoms with Gasteiger partial charge < -0.3 is 24.6 Å². The van der Waals surface area contributed by atoms with Crippen molar-refractivity contribution in [3.05, 3.63) is 48.0 Å². The van der Waals surface area contributed by atoms with E-state index in [0.717, 1.165) is 11.4 Å². The second-order valence-corrected chi connectivity index (χ2v) is 6.24. The molecule has 7 heteroatoms. The third kappa shape index (κ3) is 3.76. The van der Waals surface area contributed by atoms with Gasteiger partial charge in [-0.25, -0.2) is 9.78 Å². The number of likely N-dealkylation sites (tertiary alicyclic amines) is 1. The van der Waals surface area contributed by atoms with Crippen molar-refractivity contribution in [2.75, 3.05) is 20.2 Å². The number of rotatable bonds is 4. The molecule has 1 atom stereocenters. The lowest BCUT2D eigenvalue weighted by molar-refractivity contribution is 0.0930. The summed E-state index contributed by atoms with van der Waals surface area (Å²) in [6.07, 6.45) is 4.45. The molecule has 2 aromatic rings. The Bertz CT molecular complexity index is 723. The van der Waals surface area contributed by atoms with Gasteiger partial charge in [0.1, 0.15) is 17.6 Å². The molecule has 1 aromatic heterocycles. The van der Waals surface area contributed by atoms with Gasteiger partial charge in [-0.1, -0.05) is 18.2 Å². The van der Waals surface area contributed by atoms with E-state index < -0.39 is 6.04 Å². The summed E-state index contributed by atoms with van der Waals surface area (Å²) in [5.41, 5.74) is 0.852. The molecule has 134 valence electrons. The maximum absolute atomic E-state index is 12.7. The molecule has 0 aliphatic carbocycles. The van der Waals surface area contributed by atoms with Crippen LogP contribution in [0.2, 0.25) is 0 Å². The number of imidazole rings is 1. The molecule has 0 radical (unpaired) electrons. The lowest BCUT2D eigenvalue weighted by atomic mass is 10.0. The Labute approximate surface area is 147 Å². The Hall–Kier alpha value is -2.54. The smallest absolute Gasteiger partial charge is 0.318 e. The van der Waals surface area contributed by atoms with Gasteiger partial charge in [0.25, 0.3) is 0 Å². The molecule has 1 aromatic carbocycles. The van der Waals surface area contributed by atoms with E-state index in [9.17, 15) is 9.90 Å². The van der Waals surface area contributed by atoms with Crippen molar-refractivity contribution >= 4 is 6.03 Å². The number of urea groups is 1. The van der Waals surface area contributed by atoms with Crippen LogP contribution in [0.5, 0.6) is 5.75 Å². The molecule has 2 N–H and O–H groups in total. The van der Waals surface area contributed by atoms with Gasteiger partial charge >= 0.3 is 6.03 Å². The van der Waals surface area contributed by atoms with Crippen molar-refractivity contribution < 1.29 is 14.6 Å². The van der Waals surface area contributed by atoms with Crippen molar-refractivity contribution in [3.8, 4) is 5.75 Å². The number of hydrogen-bond donors (Lipinski definition) is 2. The minimum absolute atomic E-state index is 0.161. The van der Waals surface area contributed by atoms with Crippen LogP contribution >= 0.6 is 0 Å². The van der Waals surface area contributed by atoms with Gasteiger partial charge in [0.05, 0.1) is 13.2 Å². The highest BCUT2D eigenvalue weighted by molar-refractivity contribution is 5.75. The first-order chi connectivity index (χ1) is 12.1. The minimum Gasteiger partial charge on any atom is -0.496 e. The third-order valence-electron chi connectivity index (χ3n) is 4.59. The van der Waals surface area contributed by atoms with Gasteiger partial charge in [0.2, 0.25) is 0 Å². The van der Waals surface area contributed by atoms with Crippen LogP contribution in [0.15, 0.2) is 36.7 Å². The van der Waals surface area contributed by atoms with E-state index in [0.29, 0.717) is 31.7 Å². The molecule has 0 unspecified atom stereocenters. The zero-order valence-corrected chi connectivity index (χ0v) is 14.6. The molecule has 0 spiro atoms. The lowest BCUT2D eigenvalue weighted by Crippen LogP contribution is -2.47. The summed E-state index contributed by atoms with van der Waals surface area (Å²) >= 11 is 0. The highest BCUT2D eigenvalue weighted by atomic mass is 16.5. The van der Waals surface area contributed by atoms with Gasteiger partial charge in [-0.05, 0) is 18.9 Å². The van der Waals surface area contributed by atoms with Crippen molar-refractivity contribution in [1.82, 2.24) is 19.8 Å². The molecule has 0 saturated carbocycles. The summed E-state index contributed by atoms with van der Waals surface area (Å²) in [5.74, 6) is 1.43. The fourth-order valence-electron chi connectivity index (χ4n) is 3.13. The van der Waals surface area contributed by atoms with Crippen molar-refractivity contribution in [3.63, 3.8) is 0 Å². The van der Waals surface area contributed by atoms with Crippen LogP contribution in [0.3, 0.4) is 0 Å². The predicted molar refractivity (Wildman–Crippen MR) is 93.4 cm³/mol. The monoisotopic (exact) mass is 344 g/mol. The maximum Gasteiger partial charge on any atom is 0.318 e. The van der Waals surface area contributed by atoms with E-state index in [4.69, 9.17) is 4.74 Å². The first-order valence-corrected chi connectivity index (χ1v) is 8.43. The van der Waals surface area contributed by atoms with Crippen LogP contribution in [0.25, 0.3) is 0 Å². The summed E-state index contributed by atoms with van der Waals surface area (Å²) in [5, 5.41) is 12.7. The Balaban J connectivity index is 1.87. The minimum atomic E-state index is -0.421. The van der Waals surface area contributed by atoms with Crippen LogP contribution < -0.4 is 10.1 Å². The molecular weight excluding hydrogens is 320 g/mol. The second kappa shape index (κ2) is 7.57. The molecule has 25 heavy (non-hydrogen) atoms. The van der Waals surface area contributed by atoms with Gasteiger partial charge in [0.15, 0.2) is 0 Å². The summed E-state index contributed by atoms with van der Waals surface area (Å²) in [6.45, 7) is 1.10. The number of methoxy groups -OCH3 is 1. The number of aliphatic hydroxyl groups excluding tert-OH is 1. The van der Waals surface area contributed by atoms with Crippen molar-refractivity contribution in [1.29, 1.82) is 0 Å². The average Bonchev–Trinajstić information content (AvgIpc) is 3.06. The number of aromatic nitrogens is 2. The van der Waals surface area contributed by atoms with E-state index in [1.54, 1.807) is 18.2 Å². The number of piperidine rings is 1. The SMILES string of the molecule is COc1ccccc1[C@@H](NC(=O)N1CCC(O)CC1)c1nccn1C. The highest BCUT2D eigenvalue weighted by Crippen LogP contribution is 2.29. The van der Waals surface area contributed by atoms with Gasteiger partial charge in [-0.15, -0.1) is 0 Å². The Morgan fingerprint density at radius 1 is 1.36 bits per heavy atom. The Morgan fingerprint density at radius 2 is 2.08 bits per heavy atom. The van der Waals surface area contributed by atoms with E-state index >= 15 is 0 Å². The molecule has 1 aliphatic heterocycles. The van der Waals surface area contributed by atoms with Gasteiger partial charge in [-0.3, -0.25) is 0 Å². The number of aryl methyl sites for hydroxylation is 1. The zero-order chi connectivity index (χ0) is 17.8. The molecular formula is C18H24N4O3. The summed E-state index contributed by atoms with van der Waals surface area (Å²) < 4.78 is 7.36. The largest absolute Gasteiger partial charge is 0.496 e. The number of nitrogens with one attached hydrogen (secondary N) is 1. The molecule has 1 aliphatic rings. The first-order valence-electron chi connectivity index (χ1n) is 8.43. The van der Waals surface area contributed by atoms with E-state index in [-0.39, 0.29) is 12.1 Å². The molecule has 2 heterocycles. The van der Waals surface area contributed by atoms with Crippen LogP contribution in [-0.4, -0.2) is 51.9 Å². The number of nitrogens with zero attached hydrogens (tertiary/aromatic N) is 3. The fourth-order valence-corrected chi connectivity index (χ4v) is 3.13. The Kier molecular flexibility index (Phi) is 5.23. The zero-order valence-electron chi connectivity index (χ0n) is 14.6. The number of amides is 2. The third-order valence-corrected chi connectivity index (χ3v) is 4.59.